The van der Waals surface area contributed by atoms with Crippen molar-refractivity contribution in [2.45, 2.75) is 39.0 Å². The van der Waals surface area contributed by atoms with Crippen LogP contribution >= 0.6 is 0 Å². The van der Waals surface area contributed by atoms with Gasteiger partial charge in [-0.25, -0.2) is 0 Å². The predicted octanol–water partition coefficient (Wildman–Crippen LogP) is 6.37. The molecule has 0 heterocycles. The van der Waals surface area contributed by atoms with Crippen molar-refractivity contribution >= 4 is 5.57 Å². The number of ether oxygens (including phenoxy) is 1. The van der Waals surface area contributed by atoms with E-state index in [1.807, 2.05) is 0 Å². The van der Waals surface area contributed by atoms with Crippen LogP contribution in [0.25, 0.3) is 5.57 Å². The Kier molecular flexibility index (Phi) is 8.29. The maximum atomic E-state index is 6.26. The molecule has 2 nitrogen and oxygen atoms in total. The fourth-order valence-electron chi connectivity index (χ4n) is 3.84. The van der Waals surface area contributed by atoms with Crippen LogP contribution in [0.3, 0.4) is 0 Å². The zero-order valence-corrected chi connectivity index (χ0v) is 18.2. The number of hydrogen-bond donors (Lipinski definition) is 1. The van der Waals surface area contributed by atoms with Gasteiger partial charge in [0.05, 0.1) is 6.61 Å². The summed E-state index contributed by atoms with van der Waals surface area (Å²) in [4.78, 5) is 0. The van der Waals surface area contributed by atoms with Gasteiger partial charge in [-0.05, 0) is 34.6 Å². The number of rotatable bonds is 10. The maximum Gasteiger partial charge on any atom is 0.100 e. The summed E-state index contributed by atoms with van der Waals surface area (Å²) in [6.07, 6.45) is 2.66. The Morgan fingerprint density at radius 3 is 2.13 bits per heavy atom. The quantitative estimate of drug-likeness (QED) is 0.402. The topological polar surface area (TPSA) is 35.2 Å². The van der Waals surface area contributed by atoms with Crippen LogP contribution in [0.2, 0.25) is 0 Å². The monoisotopic (exact) mass is 399 g/mol. The van der Waals surface area contributed by atoms with E-state index >= 15 is 0 Å². The van der Waals surface area contributed by atoms with E-state index in [4.69, 9.17) is 10.5 Å². The van der Waals surface area contributed by atoms with Crippen LogP contribution in [0, 0.1) is 0 Å². The summed E-state index contributed by atoms with van der Waals surface area (Å²) in [7, 11) is 0. The molecule has 0 radical (unpaired) electrons. The number of hydrogen-bond acceptors (Lipinski definition) is 2. The van der Waals surface area contributed by atoms with Crippen LogP contribution in [0.5, 0.6) is 0 Å². The van der Waals surface area contributed by atoms with Gasteiger partial charge >= 0.3 is 0 Å². The molecule has 2 heteroatoms. The highest BCUT2D eigenvalue weighted by atomic mass is 16.5. The highest BCUT2D eigenvalue weighted by Gasteiger charge is 2.15. The van der Waals surface area contributed by atoms with Gasteiger partial charge in [0.1, 0.15) is 5.76 Å². The first kappa shape index (κ1) is 21.9. The summed E-state index contributed by atoms with van der Waals surface area (Å²) < 4.78 is 6.26. The van der Waals surface area contributed by atoms with E-state index in [1.165, 1.54) is 27.8 Å². The smallest absolute Gasteiger partial charge is 0.100 e. The number of allylic oxidation sites excluding steroid dienone is 2. The van der Waals surface area contributed by atoms with E-state index < -0.39 is 0 Å². The third-order valence-electron chi connectivity index (χ3n) is 5.38. The molecule has 0 saturated carbocycles. The number of aryl methyl sites for hydroxylation is 1. The van der Waals surface area contributed by atoms with Gasteiger partial charge in [0.15, 0.2) is 0 Å². The second-order valence-corrected chi connectivity index (χ2v) is 7.92. The number of nitrogens with two attached hydrogens (primary N) is 1. The lowest BCUT2D eigenvalue weighted by Gasteiger charge is -2.20. The van der Waals surface area contributed by atoms with Crippen molar-refractivity contribution in [3.63, 3.8) is 0 Å². The molecule has 0 aliphatic rings. The second kappa shape index (κ2) is 11.4. The Labute approximate surface area is 181 Å². The van der Waals surface area contributed by atoms with Gasteiger partial charge in [0.2, 0.25) is 0 Å². The summed E-state index contributed by atoms with van der Waals surface area (Å²) in [5.41, 5.74) is 12.3. The van der Waals surface area contributed by atoms with Crippen molar-refractivity contribution in [1.82, 2.24) is 0 Å². The largest absolute Gasteiger partial charge is 0.496 e. The zero-order chi connectivity index (χ0) is 21.2. The normalized spacial score (nSPS) is 12.0. The van der Waals surface area contributed by atoms with Gasteiger partial charge in [-0.1, -0.05) is 98.8 Å². The predicted molar refractivity (Wildman–Crippen MR) is 127 cm³/mol. The van der Waals surface area contributed by atoms with Gasteiger partial charge < -0.3 is 10.5 Å². The van der Waals surface area contributed by atoms with Crippen LogP contribution in [0.4, 0.5) is 0 Å². The molecule has 2 N–H and O–H groups in total. The first-order valence-electron chi connectivity index (χ1n) is 10.9. The summed E-state index contributed by atoms with van der Waals surface area (Å²) in [6.45, 7) is 5.56. The van der Waals surface area contributed by atoms with E-state index in [2.05, 4.69) is 98.8 Å². The van der Waals surface area contributed by atoms with Crippen LogP contribution in [0.1, 0.15) is 48.4 Å². The molecular formula is C28H33NO. The first-order valence-corrected chi connectivity index (χ1v) is 10.9. The molecule has 0 aromatic heterocycles. The Balaban J connectivity index is 2.00. The van der Waals surface area contributed by atoms with Crippen molar-refractivity contribution in [3.8, 4) is 0 Å². The molecule has 0 amide bonds. The zero-order valence-electron chi connectivity index (χ0n) is 18.2. The molecule has 30 heavy (non-hydrogen) atoms. The molecule has 0 bridgehead atoms. The van der Waals surface area contributed by atoms with E-state index in [0.717, 1.165) is 25.0 Å². The second-order valence-electron chi connectivity index (χ2n) is 7.92. The highest BCUT2D eigenvalue weighted by Crippen LogP contribution is 2.30. The molecule has 0 saturated heterocycles. The van der Waals surface area contributed by atoms with Crippen LogP contribution in [-0.4, -0.2) is 13.2 Å². The van der Waals surface area contributed by atoms with E-state index in [0.29, 0.717) is 19.1 Å². The third kappa shape index (κ3) is 6.08. The van der Waals surface area contributed by atoms with E-state index in [9.17, 15) is 0 Å². The minimum Gasteiger partial charge on any atom is -0.496 e. The lowest BCUT2D eigenvalue weighted by atomic mass is 9.89. The molecule has 3 rings (SSSR count). The highest BCUT2D eigenvalue weighted by molar-refractivity contribution is 5.70. The van der Waals surface area contributed by atoms with Crippen LogP contribution in [-0.2, 0) is 17.6 Å². The molecule has 3 aromatic carbocycles. The van der Waals surface area contributed by atoms with Crippen molar-refractivity contribution in [2.24, 2.45) is 5.73 Å². The molecule has 3 aromatic rings. The molecule has 0 aliphatic carbocycles. The summed E-state index contributed by atoms with van der Waals surface area (Å²) in [5.74, 6) is 1.53. The maximum absolute atomic E-state index is 6.26. The Morgan fingerprint density at radius 2 is 1.47 bits per heavy atom. The standard InChI is InChI=1S/C28H33NO/c1-22(2)26-16-10-9-15-25(26)21-27(24-13-7-4-8-14-24)28(30-20-19-29)18-17-23-11-5-3-6-12-23/h3-16,22H,17-21,29H2,1-2H3/b28-27-. The van der Waals surface area contributed by atoms with Crippen molar-refractivity contribution in [2.75, 3.05) is 13.2 Å². The average molecular weight is 400 g/mol. The molecule has 0 fully saturated rings. The summed E-state index contributed by atoms with van der Waals surface area (Å²) in [5, 5.41) is 0. The Hall–Kier alpha value is -2.84. The van der Waals surface area contributed by atoms with Crippen molar-refractivity contribution in [3.05, 3.63) is 113 Å². The van der Waals surface area contributed by atoms with E-state index in [-0.39, 0.29) is 0 Å². The minimum atomic E-state index is 0.482. The molecular weight excluding hydrogens is 366 g/mol. The average Bonchev–Trinajstić information content (AvgIpc) is 2.79. The van der Waals surface area contributed by atoms with Gasteiger partial charge in [0.25, 0.3) is 0 Å². The molecule has 0 unspecified atom stereocenters. The third-order valence-corrected chi connectivity index (χ3v) is 5.38. The molecule has 0 spiro atoms. The first-order chi connectivity index (χ1) is 14.7. The van der Waals surface area contributed by atoms with Gasteiger partial charge in [0, 0.05) is 25.0 Å². The van der Waals surface area contributed by atoms with Gasteiger partial charge in [-0.2, -0.15) is 0 Å². The van der Waals surface area contributed by atoms with Crippen molar-refractivity contribution < 1.29 is 4.74 Å². The SMILES string of the molecule is CC(C)c1ccccc1C/C(=C(\CCc1ccccc1)OCCN)c1ccccc1. The van der Waals surface area contributed by atoms with Gasteiger partial charge in [-0.15, -0.1) is 0 Å². The van der Waals surface area contributed by atoms with Crippen molar-refractivity contribution in [1.29, 1.82) is 0 Å². The lowest BCUT2D eigenvalue weighted by Crippen LogP contribution is -2.11. The fraction of sp³-hybridized carbons (Fsp3) is 0.286. The fourth-order valence-corrected chi connectivity index (χ4v) is 3.84. The molecule has 0 aliphatic heterocycles. The Bertz CT molecular complexity index is 929. The minimum absolute atomic E-state index is 0.482. The van der Waals surface area contributed by atoms with Crippen LogP contribution < -0.4 is 5.73 Å². The summed E-state index contributed by atoms with van der Waals surface area (Å²) in [6, 6.07) is 30.0. The molecule has 0 atom stereocenters. The van der Waals surface area contributed by atoms with Crippen LogP contribution in [0.15, 0.2) is 90.7 Å². The number of benzene rings is 3. The molecule has 156 valence electrons. The summed E-state index contributed by atoms with van der Waals surface area (Å²) >= 11 is 0. The Morgan fingerprint density at radius 1 is 0.833 bits per heavy atom. The lowest BCUT2D eigenvalue weighted by molar-refractivity contribution is 0.212. The van der Waals surface area contributed by atoms with E-state index in [1.54, 1.807) is 0 Å². The van der Waals surface area contributed by atoms with Gasteiger partial charge in [-0.3, -0.25) is 0 Å².